The molecule has 0 amide bonds. The van der Waals surface area contributed by atoms with Gasteiger partial charge in [-0.15, -0.1) is 0 Å². The number of nitrogens with one attached hydrogen (secondary N) is 1. The van der Waals surface area contributed by atoms with Gasteiger partial charge in [-0.2, -0.15) is 5.26 Å². The van der Waals surface area contributed by atoms with Gasteiger partial charge >= 0.3 is 0 Å². The Labute approximate surface area is 106 Å². The molecule has 2 rings (SSSR count). The van der Waals surface area contributed by atoms with Crippen molar-refractivity contribution in [1.29, 1.82) is 5.26 Å². The zero-order valence-electron chi connectivity index (χ0n) is 10.1. The number of nitrogens with zero attached hydrogens (tertiary/aromatic N) is 2. The number of nitrogen functional groups attached to an aromatic ring is 1. The molecule has 1 aromatic heterocycles. The van der Waals surface area contributed by atoms with Gasteiger partial charge < -0.3 is 11.1 Å². The molecule has 3 N–H and O–H groups in total. The van der Waals surface area contributed by atoms with Gasteiger partial charge in [-0.1, -0.05) is 12.1 Å². The molecule has 0 atom stereocenters. The highest BCUT2D eigenvalue weighted by Gasteiger charge is 2.01. The Kier molecular flexibility index (Phi) is 3.44. The van der Waals surface area contributed by atoms with Crippen molar-refractivity contribution in [3.63, 3.8) is 0 Å². The van der Waals surface area contributed by atoms with Crippen LogP contribution in [0.1, 0.15) is 16.8 Å². The molecule has 0 aliphatic rings. The molecule has 2 aromatic rings. The summed E-state index contributed by atoms with van der Waals surface area (Å²) < 4.78 is 0. The van der Waals surface area contributed by atoms with Gasteiger partial charge in [0.05, 0.1) is 0 Å². The molecule has 18 heavy (non-hydrogen) atoms. The van der Waals surface area contributed by atoms with Crippen molar-refractivity contribution in [2.75, 3.05) is 11.1 Å². The van der Waals surface area contributed by atoms with Crippen LogP contribution in [0.25, 0.3) is 0 Å². The van der Waals surface area contributed by atoms with Crippen molar-refractivity contribution < 1.29 is 0 Å². The molecule has 0 bridgehead atoms. The number of hydrogen-bond acceptors (Lipinski definition) is 4. The van der Waals surface area contributed by atoms with Crippen LogP contribution in [0.5, 0.6) is 0 Å². The highest BCUT2D eigenvalue weighted by Crippen LogP contribution is 2.17. The fourth-order valence-electron chi connectivity index (χ4n) is 1.69. The minimum Gasteiger partial charge on any atom is -0.399 e. The van der Waals surface area contributed by atoms with Gasteiger partial charge in [0.15, 0.2) is 0 Å². The van der Waals surface area contributed by atoms with Gasteiger partial charge in [-0.05, 0) is 36.2 Å². The lowest BCUT2D eigenvalue weighted by Crippen LogP contribution is -2.03. The van der Waals surface area contributed by atoms with E-state index in [9.17, 15) is 0 Å². The topological polar surface area (TPSA) is 74.7 Å². The van der Waals surface area contributed by atoms with Crippen LogP contribution in [0.3, 0.4) is 0 Å². The largest absolute Gasteiger partial charge is 0.399 e. The molecule has 0 unspecified atom stereocenters. The van der Waals surface area contributed by atoms with E-state index in [-0.39, 0.29) is 0 Å². The molecule has 0 fully saturated rings. The van der Waals surface area contributed by atoms with Gasteiger partial charge in [-0.3, -0.25) is 0 Å². The van der Waals surface area contributed by atoms with Crippen LogP contribution in [0.4, 0.5) is 11.4 Å². The van der Waals surface area contributed by atoms with E-state index in [0.717, 1.165) is 22.5 Å². The first-order valence-corrected chi connectivity index (χ1v) is 5.64. The van der Waals surface area contributed by atoms with Crippen LogP contribution in [-0.4, -0.2) is 4.98 Å². The molecule has 0 saturated heterocycles. The van der Waals surface area contributed by atoms with Crippen molar-refractivity contribution in [3.05, 3.63) is 53.3 Å². The molecule has 0 saturated carbocycles. The number of nitrogens with two attached hydrogens (primary N) is 1. The van der Waals surface area contributed by atoms with Crippen molar-refractivity contribution in [3.8, 4) is 6.07 Å². The van der Waals surface area contributed by atoms with Crippen LogP contribution in [0.15, 0.2) is 36.5 Å². The summed E-state index contributed by atoms with van der Waals surface area (Å²) in [5.74, 6) is 0. The number of rotatable bonds is 3. The van der Waals surface area contributed by atoms with E-state index in [1.54, 1.807) is 12.3 Å². The standard InChI is InChI=1S/C14H14N4/c1-10-11(3-2-4-14(10)16)9-18-12-5-6-17-13(7-12)8-15/h2-7H,9,16H2,1H3,(H,17,18). The molecule has 90 valence electrons. The van der Waals surface area contributed by atoms with E-state index in [2.05, 4.69) is 10.3 Å². The molecular weight excluding hydrogens is 224 g/mol. The first kappa shape index (κ1) is 11.9. The summed E-state index contributed by atoms with van der Waals surface area (Å²) in [4.78, 5) is 3.92. The molecule has 1 heterocycles. The maximum atomic E-state index is 8.77. The molecule has 4 nitrogen and oxygen atoms in total. The van der Waals surface area contributed by atoms with Gasteiger partial charge in [0.25, 0.3) is 0 Å². The SMILES string of the molecule is Cc1c(N)cccc1CNc1ccnc(C#N)c1. The highest BCUT2D eigenvalue weighted by molar-refractivity contribution is 5.52. The Morgan fingerprint density at radius 1 is 1.39 bits per heavy atom. The minimum atomic E-state index is 0.407. The second-order valence-corrected chi connectivity index (χ2v) is 4.03. The first-order valence-electron chi connectivity index (χ1n) is 5.64. The number of pyridine rings is 1. The Balaban J connectivity index is 2.12. The predicted octanol–water partition coefficient (Wildman–Crippen LogP) is 2.46. The van der Waals surface area contributed by atoms with E-state index < -0.39 is 0 Å². The van der Waals surface area contributed by atoms with E-state index in [1.165, 1.54) is 0 Å². The van der Waals surface area contributed by atoms with Gasteiger partial charge in [0, 0.05) is 24.1 Å². The highest BCUT2D eigenvalue weighted by atomic mass is 14.9. The number of anilines is 2. The van der Waals surface area contributed by atoms with Crippen LogP contribution in [0, 0.1) is 18.3 Å². The second-order valence-electron chi connectivity index (χ2n) is 4.03. The third kappa shape index (κ3) is 2.58. The molecule has 0 radical (unpaired) electrons. The molecule has 0 aliphatic carbocycles. The molecule has 4 heteroatoms. The maximum absolute atomic E-state index is 8.77. The number of aromatic nitrogens is 1. The van der Waals surface area contributed by atoms with Gasteiger partial charge in [0.2, 0.25) is 0 Å². The predicted molar refractivity (Wildman–Crippen MR) is 71.9 cm³/mol. The first-order chi connectivity index (χ1) is 8.70. The molecule has 1 aromatic carbocycles. The number of nitriles is 1. The lowest BCUT2D eigenvalue weighted by Gasteiger charge is -2.10. The van der Waals surface area contributed by atoms with Crippen molar-refractivity contribution in [2.45, 2.75) is 13.5 Å². The summed E-state index contributed by atoms with van der Waals surface area (Å²) in [6.07, 6.45) is 1.62. The summed E-state index contributed by atoms with van der Waals surface area (Å²) >= 11 is 0. The van der Waals surface area contributed by atoms with E-state index in [0.29, 0.717) is 12.2 Å². The summed E-state index contributed by atoms with van der Waals surface area (Å²) in [5.41, 5.74) is 10.2. The number of benzene rings is 1. The fourth-order valence-corrected chi connectivity index (χ4v) is 1.69. The van der Waals surface area contributed by atoms with Crippen molar-refractivity contribution >= 4 is 11.4 Å². The molecule has 0 spiro atoms. The third-order valence-corrected chi connectivity index (χ3v) is 2.85. The van der Waals surface area contributed by atoms with Gasteiger partial charge in [-0.25, -0.2) is 4.98 Å². The maximum Gasteiger partial charge on any atom is 0.142 e. The van der Waals surface area contributed by atoms with Crippen LogP contribution >= 0.6 is 0 Å². The summed E-state index contributed by atoms with van der Waals surface area (Å²) in [6.45, 7) is 2.67. The van der Waals surface area contributed by atoms with Gasteiger partial charge in [0.1, 0.15) is 11.8 Å². The Bertz CT molecular complexity index is 599. The van der Waals surface area contributed by atoms with Crippen molar-refractivity contribution in [1.82, 2.24) is 4.98 Å². The fraction of sp³-hybridized carbons (Fsp3) is 0.143. The van der Waals surface area contributed by atoms with Crippen LogP contribution in [-0.2, 0) is 6.54 Å². The normalized spacial score (nSPS) is 9.78. The van der Waals surface area contributed by atoms with E-state index in [4.69, 9.17) is 11.0 Å². The lowest BCUT2D eigenvalue weighted by atomic mass is 10.1. The number of hydrogen-bond donors (Lipinski definition) is 2. The Morgan fingerprint density at radius 3 is 3.00 bits per heavy atom. The van der Waals surface area contributed by atoms with Crippen molar-refractivity contribution in [2.24, 2.45) is 0 Å². The van der Waals surface area contributed by atoms with Crippen LogP contribution < -0.4 is 11.1 Å². The lowest BCUT2D eigenvalue weighted by molar-refractivity contribution is 1.11. The van der Waals surface area contributed by atoms with E-state index in [1.807, 2.05) is 37.3 Å². The molecule has 0 aliphatic heterocycles. The third-order valence-electron chi connectivity index (χ3n) is 2.85. The zero-order valence-corrected chi connectivity index (χ0v) is 10.1. The van der Waals surface area contributed by atoms with E-state index >= 15 is 0 Å². The summed E-state index contributed by atoms with van der Waals surface area (Å²) in [7, 11) is 0. The average molecular weight is 238 g/mol. The monoisotopic (exact) mass is 238 g/mol. The Morgan fingerprint density at radius 2 is 2.22 bits per heavy atom. The molecular formula is C14H14N4. The Hall–Kier alpha value is -2.54. The average Bonchev–Trinajstić information content (AvgIpc) is 2.41. The summed E-state index contributed by atoms with van der Waals surface area (Å²) in [6, 6.07) is 11.4. The quantitative estimate of drug-likeness (QED) is 0.805. The minimum absolute atomic E-state index is 0.407. The summed E-state index contributed by atoms with van der Waals surface area (Å²) in [5, 5.41) is 12.0. The smallest absolute Gasteiger partial charge is 0.142 e. The zero-order chi connectivity index (χ0) is 13.0. The second kappa shape index (κ2) is 5.19. The van der Waals surface area contributed by atoms with Crippen LogP contribution in [0.2, 0.25) is 0 Å².